The average Bonchev–Trinajstić information content (AvgIpc) is 3.42. The molecule has 11 aromatic rings. The maximum Gasteiger partial charge on any atom is 4.00 e. The summed E-state index contributed by atoms with van der Waals surface area (Å²) in [5, 5.41) is 2.19. The van der Waals surface area contributed by atoms with Gasteiger partial charge in [0.25, 0.3) is 0 Å². The first-order valence-electron chi connectivity index (χ1n) is 28.6. The number of fused-ring (bicyclic) bond motifs is 4. The van der Waals surface area contributed by atoms with Crippen LogP contribution in [0.25, 0.3) is 49.9 Å². The predicted molar refractivity (Wildman–Crippen MR) is 346 cm³/mol. The van der Waals surface area contributed by atoms with Gasteiger partial charge in [0.1, 0.15) is 5.82 Å². The Kier molecular flexibility index (Phi) is 16.1. The number of para-hydroxylation sites is 2. The second-order valence-electron chi connectivity index (χ2n) is 24.6. The van der Waals surface area contributed by atoms with Crippen molar-refractivity contribution in [2.75, 3.05) is 9.80 Å². The summed E-state index contributed by atoms with van der Waals surface area (Å²) in [5.41, 5.74) is 18.8. The SMILES string of the molecule is CC(C)c1cccc(C(C)C)c1-c1cc(Oc2[c-]c3c(cc2)c2cc(-c4ccccc4)ccc2n3-c2cc(C(C)(C)C)ccn2)[c-]c(N2[CH-]N(c3cc(C(C)(C)c4ccccc4)cc(C(C)(C)c4ccccc4)c3)c3ccccc32)c1.[CH3-].[Pt+4]. The third-order valence-corrected chi connectivity index (χ3v) is 16.8. The van der Waals surface area contributed by atoms with Crippen LogP contribution in [0, 0.1) is 26.2 Å². The number of nitrogens with zero attached hydrogens (tertiary/aromatic N) is 4. The van der Waals surface area contributed by atoms with Crippen LogP contribution < -0.4 is 14.5 Å². The van der Waals surface area contributed by atoms with Gasteiger partial charge in [-0.2, -0.15) is 6.07 Å². The molecule has 1 aliphatic heterocycles. The zero-order valence-electron chi connectivity index (χ0n) is 50.0. The molecule has 0 N–H and O–H groups in total. The van der Waals surface area contributed by atoms with Crippen LogP contribution >= 0.6 is 0 Å². The van der Waals surface area contributed by atoms with Crippen molar-refractivity contribution < 1.29 is 25.8 Å². The number of hydrogen-bond acceptors (Lipinski definition) is 4. The summed E-state index contributed by atoms with van der Waals surface area (Å²) in [6.07, 6.45) is 1.93. The average molecular weight is 1270 g/mol. The van der Waals surface area contributed by atoms with Gasteiger partial charge >= 0.3 is 21.1 Å². The molecule has 2 aromatic heterocycles. The quantitative estimate of drug-likeness (QED) is 0.108. The molecule has 0 bridgehead atoms. The minimum absolute atomic E-state index is 0. The van der Waals surface area contributed by atoms with Gasteiger partial charge in [0.2, 0.25) is 0 Å². The molecule has 1 aliphatic rings. The number of benzene rings is 9. The fourth-order valence-corrected chi connectivity index (χ4v) is 11.9. The van der Waals surface area contributed by atoms with E-state index >= 15 is 0 Å². The Morgan fingerprint density at radius 1 is 0.470 bits per heavy atom. The van der Waals surface area contributed by atoms with E-state index in [2.05, 4.69) is 316 Å². The molecule has 5 nitrogen and oxygen atoms in total. The second kappa shape index (κ2) is 23.0. The van der Waals surface area contributed by atoms with E-state index in [4.69, 9.17) is 9.72 Å². The van der Waals surface area contributed by atoms with Crippen molar-refractivity contribution in [3.05, 3.63) is 278 Å². The molecule has 0 fully saturated rings. The molecule has 418 valence electrons. The molecule has 0 saturated heterocycles. The van der Waals surface area contributed by atoms with Crippen molar-refractivity contribution in [1.82, 2.24) is 9.55 Å². The fraction of sp³-hybridized carbons (Fsp3) is 0.208. The van der Waals surface area contributed by atoms with Crippen molar-refractivity contribution in [3.8, 4) is 39.6 Å². The monoisotopic (exact) mass is 1270 g/mol. The first-order valence-corrected chi connectivity index (χ1v) is 28.6. The molecule has 6 heteroatoms. The summed E-state index contributed by atoms with van der Waals surface area (Å²) in [5.74, 6) is 2.57. The van der Waals surface area contributed by atoms with E-state index in [0.29, 0.717) is 11.5 Å². The van der Waals surface area contributed by atoms with E-state index in [1.54, 1.807) is 0 Å². The molecule has 0 amide bonds. The zero-order chi connectivity index (χ0) is 56.4. The molecule has 9 aromatic carbocycles. The summed E-state index contributed by atoms with van der Waals surface area (Å²) in [6, 6.07) is 82.5. The smallest absolute Gasteiger partial charge is 0.509 e. The minimum Gasteiger partial charge on any atom is -0.509 e. The minimum atomic E-state index is -0.295. The Balaban J connectivity index is 0.00000385. The molecule has 0 radical (unpaired) electrons. The summed E-state index contributed by atoms with van der Waals surface area (Å²) in [7, 11) is 0. The summed E-state index contributed by atoms with van der Waals surface area (Å²) in [6.45, 7) is 27.5. The molecular weight excluding hydrogens is 1190 g/mol. The van der Waals surface area contributed by atoms with Crippen LogP contribution in [0.15, 0.2) is 212 Å². The second-order valence-corrected chi connectivity index (χ2v) is 24.6. The first-order chi connectivity index (χ1) is 38.9. The maximum absolute atomic E-state index is 7.20. The Labute approximate surface area is 507 Å². The van der Waals surface area contributed by atoms with Crippen molar-refractivity contribution in [2.24, 2.45) is 0 Å². The van der Waals surface area contributed by atoms with Gasteiger partial charge in [-0.15, -0.1) is 53.6 Å². The summed E-state index contributed by atoms with van der Waals surface area (Å²) < 4.78 is 9.44. The van der Waals surface area contributed by atoms with Crippen LogP contribution in [-0.2, 0) is 37.3 Å². The van der Waals surface area contributed by atoms with E-state index < -0.39 is 0 Å². The van der Waals surface area contributed by atoms with Crippen LogP contribution in [0.1, 0.15) is 127 Å². The number of ether oxygens (including phenoxy) is 1. The van der Waals surface area contributed by atoms with Crippen molar-refractivity contribution in [3.63, 3.8) is 0 Å². The van der Waals surface area contributed by atoms with Gasteiger partial charge in [0.05, 0.1) is 0 Å². The van der Waals surface area contributed by atoms with E-state index in [9.17, 15) is 0 Å². The number of rotatable bonds is 13. The van der Waals surface area contributed by atoms with Crippen LogP contribution in [0.3, 0.4) is 0 Å². The van der Waals surface area contributed by atoms with Crippen molar-refractivity contribution in [1.29, 1.82) is 0 Å². The van der Waals surface area contributed by atoms with Gasteiger partial charge in [-0.1, -0.05) is 221 Å². The van der Waals surface area contributed by atoms with Gasteiger partial charge in [-0.25, -0.2) is 4.98 Å². The Morgan fingerprint density at radius 3 is 1.64 bits per heavy atom. The normalized spacial score (nSPS) is 12.7. The van der Waals surface area contributed by atoms with Gasteiger partial charge in [-0.3, -0.25) is 0 Å². The van der Waals surface area contributed by atoms with Gasteiger partial charge in [0.15, 0.2) is 0 Å². The Morgan fingerprint density at radius 2 is 1.05 bits per heavy atom. The summed E-state index contributed by atoms with van der Waals surface area (Å²) >= 11 is 0. The van der Waals surface area contributed by atoms with Gasteiger partial charge < -0.3 is 26.5 Å². The predicted octanol–water partition coefficient (Wildman–Crippen LogP) is 21.0. The molecule has 3 heterocycles. The first kappa shape index (κ1) is 58.2. The van der Waals surface area contributed by atoms with Crippen LogP contribution in [0.4, 0.5) is 22.7 Å². The van der Waals surface area contributed by atoms with Crippen LogP contribution in [-0.4, -0.2) is 9.55 Å². The fourth-order valence-electron chi connectivity index (χ4n) is 11.9. The van der Waals surface area contributed by atoms with E-state index in [0.717, 1.165) is 61.5 Å². The van der Waals surface area contributed by atoms with Crippen molar-refractivity contribution in [2.45, 2.75) is 104 Å². The molecule has 83 heavy (non-hydrogen) atoms. The molecule has 0 spiro atoms. The molecular formula is C77H74N4OPt. The standard InChI is InChI=1S/C76H71N4O.CH3.Pt/c1-50(2)64-30-23-31-65(51(3)4)73(64)54-40-60(78-49-79(70-33-22-21-32-69(70)78)61-44-58(75(8,9)55-26-17-13-18-27-55)43-59(45-61)76(10,11)56-28-19-14-20-29-56)47-63(41-54)81-62-35-36-66-67-42-53(52-24-15-12-16-25-52)34-37-68(67)80(71(66)48-62)72-46-57(38-39-77-72)74(5,6)7;;/h12-46,49-51H,1-11H3;1H3;/q-3;-1;+4. The zero-order valence-corrected chi connectivity index (χ0v) is 52.2. The van der Waals surface area contributed by atoms with Crippen molar-refractivity contribution >= 4 is 44.6 Å². The molecule has 0 aliphatic carbocycles. The Bertz CT molecular complexity index is 4020. The maximum atomic E-state index is 7.20. The number of pyridine rings is 1. The van der Waals surface area contributed by atoms with E-state index in [1.165, 1.54) is 50.1 Å². The topological polar surface area (TPSA) is 33.5 Å². The Hall–Kier alpha value is -7.98. The molecule has 0 atom stereocenters. The number of hydrogen-bond donors (Lipinski definition) is 0. The molecule has 12 rings (SSSR count). The number of anilines is 4. The summed E-state index contributed by atoms with van der Waals surface area (Å²) in [4.78, 5) is 9.68. The van der Waals surface area contributed by atoms with Gasteiger partial charge in [-0.05, 0) is 121 Å². The third kappa shape index (κ3) is 11.0. The van der Waals surface area contributed by atoms with E-state index in [-0.39, 0.29) is 56.6 Å². The largest absolute Gasteiger partial charge is 4.00 e. The third-order valence-electron chi connectivity index (χ3n) is 16.8. The molecule has 0 saturated carbocycles. The van der Waals surface area contributed by atoms with Crippen LogP contribution in [0.2, 0.25) is 0 Å². The van der Waals surface area contributed by atoms with E-state index in [1.807, 2.05) is 6.20 Å². The van der Waals surface area contributed by atoms with Gasteiger partial charge in [0, 0.05) is 51.1 Å². The molecule has 0 unspecified atom stereocenters. The van der Waals surface area contributed by atoms with Crippen LogP contribution in [0.5, 0.6) is 11.5 Å². The number of aromatic nitrogens is 2.